The first kappa shape index (κ1) is 20.7. The summed E-state index contributed by atoms with van der Waals surface area (Å²) in [4.78, 5) is 4.81. The molecule has 1 aliphatic carbocycles. The van der Waals surface area contributed by atoms with Crippen LogP contribution in [0.5, 0.6) is 5.75 Å². The van der Waals surface area contributed by atoms with Gasteiger partial charge < -0.3 is 24.7 Å². The molecule has 0 radical (unpaired) electrons. The van der Waals surface area contributed by atoms with Crippen LogP contribution in [0.1, 0.15) is 42.9 Å². The number of nitrogens with zero attached hydrogens (tertiary/aromatic N) is 4. The fourth-order valence-corrected chi connectivity index (χ4v) is 3.39. The molecule has 1 atom stereocenters. The fourth-order valence-electron chi connectivity index (χ4n) is 3.39. The van der Waals surface area contributed by atoms with Crippen LogP contribution >= 0.6 is 0 Å². The molecule has 4 rings (SSSR count). The van der Waals surface area contributed by atoms with Gasteiger partial charge in [0.15, 0.2) is 11.8 Å². The molecule has 8 nitrogen and oxygen atoms in total. The lowest BCUT2D eigenvalue weighted by Gasteiger charge is -2.16. The van der Waals surface area contributed by atoms with Gasteiger partial charge in [-0.3, -0.25) is 0 Å². The van der Waals surface area contributed by atoms with Crippen molar-refractivity contribution in [2.75, 3.05) is 19.8 Å². The van der Waals surface area contributed by atoms with Crippen LogP contribution in [0.3, 0.4) is 0 Å². The Balaban J connectivity index is 1.40. The molecule has 1 saturated carbocycles. The van der Waals surface area contributed by atoms with E-state index in [0.717, 1.165) is 67.4 Å². The molecule has 162 valence electrons. The maximum Gasteiger partial charge on any atom is 0.192 e. The first-order valence-electron chi connectivity index (χ1n) is 10.9. The van der Waals surface area contributed by atoms with Crippen LogP contribution in [0.25, 0.3) is 0 Å². The molecule has 8 heteroatoms. The van der Waals surface area contributed by atoms with Crippen molar-refractivity contribution in [2.24, 2.45) is 18.0 Å². The monoisotopic (exact) mass is 412 g/mol. The number of nitrogens with one attached hydrogen (secondary N) is 2. The fraction of sp³-hybridized carbons (Fsp3) is 0.591. The second-order valence-corrected chi connectivity index (χ2v) is 8.12. The van der Waals surface area contributed by atoms with Crippen molar-refractivity contribution >= 4 is 5.96 Å². The first-order valence-corrected chi connectivity index (χ1v) is 10.9. The minimum absolute atomic E-state index is 0.239. The Kier molecular flexibility index (Phi) is 6.84. The van der Waals surface area contributed by atoms with Crippen molar-refractivity contribution in [1.82, 2.24) is 25.4 Å². The van der Waals surface area contributed by atoms with Crippen molar-refractivity contribution < 1.29 is 9.47 Å². The van der Waals surface area contributed by atoms with E-state index in [0.29, 0.717) is 13.1 Å². The molecule has 2 aliphatic rings. The number of hydrogen-bond donors (Lipinski definition) is 2. The Morgan fingerprint density at radius 1 is 1.23 bits per heavy atom. The molecular weight excluding hydrogens is 380 g/mol. The standard InChI is InChI=1S/C22H32N6O2/c1-16-26-27-21(28(16)2)14-25-22(24-13-19-7-5-11-29-19)23-12-18-6-3-4-8-20(18)30-15-17-9-10-17/h3-4,6,8,17,19H,5,7,9-15H2,1-2H3,(H2,23,24,25). The minimum Gasteiger partial charge on any atom is -0.493 e. The maximum absolute atomic E-state index is 6.03. The van der Waals surface area contributed by atoms with E-state index in [1.807, 2.05) is 36.7 Å². The van der Waals surface area contributed by atoms with Crippen LogP contribution in [0.4, 0.5) is 0 Å². The van der Waals surface area contributed by atoms with Crippen LogP contribution in [0.2, 0.25) is 0 Å². The van der Waals surface area contributed by atoms with Crippen LogP contribution in [-0.4, -0.2) is 46.6 Å². The number of ether oxygens (including phenoxy) is 2. The summed E-state index contributed by atoms with van der Waals surface area (Å²) in [6.07, 6.45) is 5.01. The van der Waals surface area contributed by atoms with Gasteiger partial charge in [0, 0.05) is 25.8 Å². The number of aromatic nitrogens is 3. The average molecular weight is 413 g/mol. The van der Waals surface area contributed by atoms with Gasteiger partial charge in [0.1, 0.15) is 11.6 Å². The SMILES string of the molecule is Cc1nnc(CNC(=NCc2ccccc2OCC2CC2)NCC2CCCO2)n1C. The van der Waals surface area contributed by atoms with Crippen molar-refractivity contribution in [3.63, 3.8) is 0 Å². The summed E-state index contributed by atoms with van der Waals surface area (Å²) in [7, 11) is 1.97. The number of rotatable bonds is 9. The first-order chi connectivity index (χ1) is 14.7. The van der Waals surface area contributed by atoms with Gasteiger partial charge in [0.2, 0.25) is 0 Å². The van der Waals surface area contributed by atoms with Crippen LogP contribution in [0.15, 0.2) is 29.3 Å². The maximum atomic E-state index is 6.03. The van der Waals surface area contributed by atoms with Gasteiger partial charge in [-0.05, 0) is 44.6 Å². The van der Waals surface area contributed by atoms with E-state index in [9.17, 15) is 0 Å². The molecule has 2 N–H and O–H groups in total. The lowest BCUT2D eigenvalue weighted by atomic mass is 10.2. The zero-order valence-corrected chi connectivity index (χ0v) is 17.9. The van der Waals surface area contributed by atoms with E-state index in [1.165, 1.54) is 12.8 Å². The Labute approximate surface area is 178 Å². The molecule has 30 heavy (non-hydrogen) atoms. The number of hydrogen-bond acceptors (Lipinski definition) is 5. The Morgan fingerprint density at radius 2 is 2.10 bits per heavy atom. The molecule has 0 bridgehead atoms. The third-order valence-corrected chi connectivity index (χ3v) is 5.67. The van der Waals surface area contributed by atoms with E-state index in [4.69, 9.17) is 14.5 Å². The summed E-state index contributed by atoms with van der Waals surface area (Å²) in [5.74, 6) is 4.15. The van der Waals surface area contributed by atoms with E-state index in [-0.39, 0.29) is 6.10 Å². The van der Waals surface area contributed by atoms with E-state index >= 15 is 0 Å². The number of para-hydroxylation sites is 1. The zero-order chi connectivity index (χ0) is 20.8. The lowest BCUT2D eigenvalue weighted by Crippen LogP contribution is -2.41. The Morgan fingerprint density at radius 3 is 2.83 bits per heavy atom. The van der Waals surface area contributed by atoms with Gasteiger partial charge in [-0.1, -0.05) is 18.2 Å². The minimum atomic E-state index is 0.239. The summed E-state index contributed by atoms with van der Waals surface area (Å²) in [6.45, 7) is 5.42. The third-order valence-electron chi connectivity index (χ3n) is 5.67. The second kappa shape index (κ2) is 9.93. The summed E-state index contributed by atoms with van der Waals surface area (Å²) in [6, 6.07) is 8.16. The Hall–Kier alpha value is -2.61. The van der Waals surface area contributed by atoms with Gasteiger partial charge in [-0.2, -0.15) is 0 Å². The molecular formula is C22H32N6O2. The molecule has 2 heterocycles. The van der Waals surface area contributed by atoms with E-state index < -0.39 is 0 Å². The predicted octanol–water partition coefficient (Wildman–Crippen LogP) is 2.33. The van der Waals surface area contributed by atoms with Gasteiger partial charge in [0.25, 0.3) is 0 Å². The molecule has 2 aromatic rings. The van der Waals surface area contributed by atoms with Crippen molar-refractivity contribution in [3.8, 4) is 5.75 Å². The topological polar surface area (TPSA) is 85.6 Å². The van der Waals surface area contributed by atoms with Gasteiger partial charge in [-0.25, -0.2) is 4.99 Å². The lowest BCUT2D eigenvalue weighted by molar-refractivity contribution is 0.113. The van der Waals surface area contributed by atoms with Gasteiger partial charge in [0.05, 0.1) is 25.8 Å². The number of aryl methyl sites for hydroxylation is 1. The average Bonchev–Trinajstić information content (AvgIpc) is 3.35. The summed E-state index contributed by atoms with van der Waals surface area (Å²) in [5, 5.41) is 15.2. The number of guanidine groups is 1. The van der Waals surface area contributed by atoms with Crippen molar-refractivity contribution in [3.05, 3.63) is 41.5 Å². The van der Waals surface area contributed by atoms with Gasteiger partial charge >= 0.3 is 0 Å². The highest BCUT2D eigenvalue weighted by atomic mass is 16.5. The predicted molar refractivity (Wildman–Crippen MR) is 115 cm³/mol. The highest BCUT2D eigenvalue weighted by Crippen LogP contribution is 2.30. The highest BCUT2D eigenvalue weighted by Gasteiger charge is 2.22. The largest absolute Gasteiger partial charge is 0.493 e. The van der Waals surface area contributed by atoms with Crippen molar-refractivity contribution in [2.45, 2.75) is 51.8 Å². The molecule has 1 unspecified atom stereocenters. The molecule has 2 fully saturated rings. The number of aliphatic imine (C=N–C) groups is 1. The molecule has 1 aliphatic heterocycles. The molecule has 0 spiro atoms. The highest BCUT2D eigenvalue weighted by molar-refractivity contribution is 5.79. The van der Waals surface area contributed by atoms with Crippen molar-refractivity contribution in [1.29, 1.82) is 0 Å². The summed E-state index contributed by atoms with van der Waals surface area (Å²) >= 11 is 0. The van der Waals surface area contributed by atoms with E-state index in [2.05, 4.69) is 26.9 Å². The van der Waals surface area contributed by atoms with Gasteiger partial charge in [-0.15, -0.1) is 10.2 Å². The van der Waals surface area contributed by atoms with Crippen LogP contribution in [0, 0.1) is 12.8 Å². The molecule has 1 aromatic heterocycles. The van der Waals surface area contributed by atoms with E-state index in [1.54, 1.807) is 0 Å². The molecule has 1 saturated heterocycles. The zero-order valence-electron chi connectivity index (χ0n) is 17.9. The number of benzene rings is 1. The second-order valence-electron chi connectivity index (χ2n) is 8.12. The molecule has 0 amide bonds. The summed E-state index contributed by atoms with van der Waals surface area (Å²) < 4.78 is 13.7. The quantitative estimate of drug-likeness (QED) is 0.486. The molecule has 1 aromatic carbocycles. The smallest absolute Gasteiger partial charge is 0.192 e. The van der Waals surface area contributed by atoms with Crippen LogP contribution < -0.4 is 15.4 Å². The third kappa shape index (κ3) is 5.72. The normalized spacial score (nSPS) is 19.1. The van der Waals surface area contributed by atoms with Crippen LogP contribution in [-0.2, 0) is 24.9 Å². The Bertz CT molecular complexity index is 855. The summed E-state index contributed by atoms with van der Waals surface area (Å²) in [5.41, 5.74) is 1.09.